The van der Waals surface area contributed by atoms with Gasteiger partial charge in [-0.25, -0.2) is 0 Å². The Morgan fingerprint density at radius 1 is 0.900 bits per heavy atom. The number of rotatable bonds is 12. The molecule has 0 bridgehead atoms. The molecule has 162 valence electrons. The molecule has 1 aromatic heterocycles. The fourth-order valence-electron chi connectivity index (χ4n) is 3.99. The number of phenolic OH excluding ortho intramolecular Hbond substituents is 1. The standard InChI is InChI=1S/C25H34ClN3O/c1-3-4-5-6-7-8-9-10-11-12-14-20-17-19(2)18-23(25(20)30)29-27-22-16-13-15-21(26)24(22)28-29/h13,15-18,30H,3-12,14H2,1-2H3. The average Bonchev–Trinajstić information content (AvgIpc) is 3.17. The van der Waals surface area contributed by atoms with E-state index in [2.05, 4.69) is 23.2 Å². The molecule has 30 heavy (non-hydrogen) atoms. The van der Waals surface area contributed by atoms with Crippen molar-refractivity contribution in [1.82, 2.24) is 15.0 Å². The Kier molecular flexibility index (Phi) is 8.56. The smallest absolute Gasteiger partial charge is 0.146 e. The normalized spacial score (nSPS) is 11.4. The first kappa shape index (κ1) is 22.6. The lowest BCUT2D eigenvalue weighted by atomic mass is 10.0. The van der Waals surface area contributed by atoms with E-state index in [0.717, 1.165) is 29.5 Å². The Bertz CT molecular complexity index is 951. The zero-order chi connectivity index (χ0) is 21.3. The molecule has 0 spiro atoms. The number of unbranched alkanes of at least 4 members (excludes halogenated alkanes) is 9. The summed E-state index contributed by atoms with van der Waals surface area (Å²) in [6.45, 7) is 4.30. The number of hydrogen-bond acceptors (Lipinski definition) is 3. The number of benzene rings is 2. The topological polar surface area (TPSA) is 50.9 Å². The Labute approximate surface area is 185 Å². The largest absolute Gasteiger partial charge is 0.505 e. The van der Waals surface area contributed by atoms with Gasteiger partial charge < -0.3 is 5.11 Å². The van der Waals surface area contributed by atoms with E-state index in [1.807, 2.05) is 25.1 Å². The van der Waals surface area contributed by atoms with Gasteiger partial charge in [-0.15, -0.1) is 15.0 Å². The molecule has 4 nitrogen and oxygen atoms in total. The molecule has 3 rings (SSSR count). The summed E-state index contributed by atoms with van der Waals surface area (Å²) in [4.78, 5) is 1.50. The molecule has 0 atom stereocenters. The van der Waals surface area contributed by atoms with Crippen LogP contribution in [-0.4, -0.2) is 20.1 Å². The minimum Gasteiger partial charge on any atom is -0.505 e. The number of halogens is 1. The number of phenols is 1. The second kappa shape index (κ2) is 11.4. The number of aromatic nitrogens is 3. The van der Waals surface area contributed by atoms with Crippen molar-refractivity contribution < 1.29 is 5.11 Å². The minimum atomic E-state index is 0.271. The highest BCUT2D eigenvalue weighted by Gasteiger charge is 2.14. The number of nitrogens with zero attached hydrogens (tertiary/aromatic N) is 3. The molecule has 5 heteroatoms. The molecule has 1 heterocycles. The molecule has 0 fully saturated rings. The molecule has 0 saturated heterocycles. The summed E-state index contributed by atoms with van der Waals surface area (Å²) in [6, 6.07) is 9.53. The number of aromatic hydroxyl groups is 1. The Morgan fingerprint density at radius 2 is 1.57 bits per heavy atom. The van der Waals surface area contributed by atoms with Crippen LogP contribution >= 0.6 is 11.6 Å². The van der Waals surface area contributed by atoms with Crippen LogP contribution in [0.3, 0.4) is 0 Å². The predicted octanol–water partition coefficient (Wildman–Crippen LogP) is 7.55. The van der Waals surface area contributed by atoms with Crippen molar-refractivity contribution in [2.45, 2.75) is 84.5 Å². The van der Waals surface area contributed by atoms with Crippen LogP contribution in [0.4, 0.5) is 0 Å². The SMILES string of the molecule is CCCCCCCCCCCCc1cc(C)cc(-n2nc3cccc(Cl)c3n2)c1O. The van der Waals surface area contributed by atoms with E-state index < -0.39 is 0 Å². The van der Waals surface area contributed by atoms with Crippen LogP contribution in [0.25, 0.3) is 16.7 Å². The highest BCUT2D eigenvalue weighted by Crippen LogP contribution is 2.30. The molecule has 3 aromatic rings. The van der Waals surface area contributed by atoms with Crippen LogP contribution in [0.5, 0.6) is 5.75 Å². The van der Waals surface area contributed by atoms with Gasteiger partial charge in [-0.1, -0.05) is 88.4 Å². The minimum absolute atomic E-state index is 0.271. The number of aryl methyl sites for hydroxylation is 2. The van der Waals surface area contributed by atoms with Crippen LogP contribution in [0.15, 0.2) is 30.3 Å². The highest BCUT2D eigenvalue weighted by molar-refractivity contribution is 6.34. The van der Waals surface area contributed by atoms with Crippen LogP contribution in [0.2, 0.25) is 5.02 Å². The molecular formula is C25H34ClN3O. The monoisotopic (exact) mass is 427 g/mol. The quantitative estimate of drug-likeness (QED) is 0.303. The zero-order valence-corrected chi connectivity index (χ0v) is 19.1. The summed E-state index contributed by atoms with van der Waals surface area (Å²) in [5.74, 6) is 0.271. The lowest BCUT2D eigenvalue weighted by Crippen LogP contribution is -2.02. The Hall–Kier alpha value is -2.07. The molecule has 0 aliphatic rings. The maximum atomic E-state index is 10.9. The summed E-state index contributed by atoms with van der Waals surface area (Å²) in [7, 11) is 0. The van der Waals surface area contributed by atoms with E-state index in [9.17, 15) is 5.11 Å². The molecule has 0 radical (unpaired) electrons. The second-order valence-electron chi connectivity index (χ2n) is 8.32. The van der Waals surface area contributed by atoms with Gasteiger partial charge in [-0.05, 0) is 49.1 Å². The summed E-state index contributed by atoms with van der Waals surface area (Å²) >= 11 is 6.23. The van der Waals surface area contributed by atoms with E-state index >= 15 is 0 Å². The molecule has 0 amide bonds. The van der Waals surface area contributed by atoms with Gasteiger partial charge in [0.1, 0.15) is 22.5 Å². The van der Waals surface area contributed by atoms with E-state index in [4.69, 9.17) is 11.6 Å². The Balaban J connectivity index is 1.55. The summed E-state index contributed by atoms with van der Waals surface area (Å²) < 4.78 is 0. The molecule has 0 saturated carbocycles. The fraction of sp³-hybridized carbons (Fsp3) is 0.520. The maximum absolute atomic E-state index is 10.9. The van der Waals surface area contributed by atoms with Crippen molar-refractivity contribution in [3.63, 3.8) is 0 Å². The lowest BCUT2D eigenvalue weighted by molar-refractivity contribution is 0.458. The van der Waals surface area contributed by atoms with Crippen LogP contribution in [0.1, 0.15) is 82.3 Å². The first-order valence-electron chi connectivity index (χ1n) is 11.4. The Morgan fingerprint density at radius 3 is 2.23 bits per heavy atom. The molecule has 0 aliphatic heterocycles. The van der Waals surface area contributed by atoms with Crippen molar-refractivity contribution >= 4 is 22.6 Å². The van der Waals surface area contributed by atoms with Gasteiger partial charge in [0.15, 0.2) is 0 Å². The third-order valence-corrected chi connectivity index (χ3v) is 6.00. The van der Waals surface area contributed by atoms with E-state index in [0.29, 0.717) is 16.2 Å². The summed E-state index contributed by atoms with van der Waals surface area (Å²) in [5, 5.41) is 20.4. The van der Waals surface area contributed by atoms with Crippen LogP contribution < -0.4 is 0 Å². The van der Waals surface area contributed by atoms with E-state index in [-0.39, 0.29) is 5.75 Å². The third kappa shape index (κ3) is 5.98. The third-order valence-electron chi connectivity index (χ3n) is 5.69. The first-order valence-corrected chi connectivity index (χ1v) is 11.8. The van der Waals surface area contributed by atoms with Crippen molar-refractivity contribution in [3.05, 3.63) is 46.5 Å². The van der Waals surface area contributed by atoms with E-state index in [1.165, 1.54) is 62.6 Å². The van der Waals surface area contributed by atoms with Gasteiger partial charge in [0, 0.05) is 0 Å². The highest BCUT2D eigenvalue weighted by atomic mass is 35.5. The van der Waals surface area contributed by atoms with Gasteiger partial charge in [-0.3, -0.25) is 0 Å². The van der Waals surface area contributed by atoms with Crippen molar-refractivity contribution in [1.29, 1.82) is 0 Å². The molecule has 0 aliphatic carbocycles. The lowest BCUT2D eigenvalue weighted by Gasteiger charge is -2.11. The van der Waals surface area contributed by atoms with E-state index in [1.54, 1.807) is 6.07 Å². The van der Waals surface area contributed by atoms with Crippen LogP contribution in [-0.2, 0) is 6.42 Å². The number of fused-ring (bicyclic) bond motifs is 1. The molecule has 0 unspecified atom stereocenters. The van der Waals surface area contributed by atoms with Crippen LogP contribution in [0, 0.1) is 6.92 Å². The zero-order valence-electron chi connectivity index (χ0n) is 18.3. The van der Waals surface area contributed by atoms with Gasteiger partial charge in [0.05, 0.1) is 5.02 Å². The van der Waals surface area contributed by atoms with Gasteiger partial charge in [0.25, 0.3) is 0 Å². The first-order chi connectivity index (χ1) is 14.6. The van der Waals surface area contributed by atoms with Crippen molar-refractivity contribution in [2.75, 3.05) is 0 Å². The molecule has 1 N–H and O–H groups in total. The number of hydrogen-bond donors (Lipinski definition) is 1. The average molecular weight is 428 g/mol. The van der Waals surface area contributed by atoms with Gasteiger partial charge in [-0.2, -0.15) is 0 Å². The molecular weight excluding hydrogens is 394 g/mol. The second-order valence-corrected chi connectivity index (χ2v) is 8.73. The maximum Gasteiger partial charge on any atom is 0.146 e. The summed E-state index contributed by atoms with van der Waals surface area (Å²) in [6.07, 6.45) is 13.9. The summed E-state index contributed by atoms with van der Waals surface area (Å²) in [5.41, 5.74) is 4.05. The molecule has 2 aromatic carbocycles. The van der Waals surface area contributed by atoms with Gasteiger partial charge in [0.2, 0.25) is 0 Å². The van der Waals surface area contributed by atoms with Crippen molar-refractivity contribution in [3.8, 4) is 11.4 Å². The van der Waals surface area contributed by atoms with Gasteiger partial charge >= 0.3 is 0 Å². The van der Waals surface area contributed by atoms with Crippen molar-refractivity contribution in [2.24, 2.45) is 0 Å². The fourth-order valence-corrected chi connectivity index (χ4v) is 4.20. The predicted molar refractivity (Wildman–Crippen MR) is 126 cm³/mol.